The van der Waals surface area contributed by atoms with Gasteiger partial charge in [0.2, 0.25) is 0 Å². The third-order valence-electron chi connectivity index (χ3n) is 8.65. The second kappa shape index (κ2) is 17.7. The van der Waals surface area contributed by atoms with Crippen LogP contribution in [0.2, 0.25) is 5.02 Å². The van der Waals surface area contributed by atoms with Crippen molar-refractivity contribution in [3.8, 4) is 16.9 Å². The summed E-state index contributed by atoms with van der Waals surface area (Å²) in [5.41, 5.74) is 9.14. The van der Waals surface area contributed by atoms with Gasteiger partial charge in [-0.2, -0.15) is 4.98 Å². The minimum Gasteiger partial charge on any atom is -0.445 e. The van der Waals surface area contributed by atoms with Gasteiger partial charge in [0, 0.05) is 35.8 Å². The van der Waals surface area contributed by atoms with Crippen molar-refractivity contribution < 1.29 is 18.7 Å². The molecule has 0 saturated carbocycles. The van der Waals surface area contributed by atoms with Crippen LogP contribution < -0.4 is 27.4 Å². The molecule has 6 N–H and O–H groups in total. The number of aromatic amines is 1. The summed E-state index contributed by atoms with van der Waals surface area (Å²) in [6, 6.07) is 21.1. The number of halogens is 2. The van der Waals surface area contributed by atoms with E-state index >= 15 is 4.39 Å². The first kappa shape index (κ1) is 37.8. The number of nitrogens with zero attached hydrogens (tertiary/aromatic N) is 2. The molecule has 3 atom stereocenters. The highest BCUT2D eigenvalue weighted by Crippen LogP contribution is 2.31. The number of nitrogens with two attached hydrogens (primary N) is 1. The summed E-state index contributed by atoms with van der Waals surface area (Å²) in [6.07, 6.45) is 5.46. The number of hydrogen-bond acceptors (Lipinski definition) is 6. The molecule has 0 radical (unpaired) electrons. The van der Waals surface area contributed by atoms with E-state index in [0.29, 0.717) is 54.6 Å². The molecular weight excluding hydrogens is 685 g/mol. The van der Waals surface area contributed by atoms with E-state index in [2.05, 4.69) is 32.5 Å². The van der Waals surface area contributed by atoms with Gasteiger partial charge in [-0.25, -0.2) is 18.8 Å². The molecule has 11 nitrogen and oxygen atoms in total. The number of ether oxygens (including phenoxy) is 1. The largest absolute Gasteiger partial charge is 0.445 e. The first-order valence-corrected chi connectivity index (χ1v) is 17.5. The molecule has 3 amide bonds. The van der Waals surface area contributed by atoms with Gasteiger partial charge in [0.1, 0.15) is 12.3 Å². The smallest absolute Gasteiger partial charge is 0.407 e. The summed E-state index contributed by atoms with van der Waals surface area (Å²) in [5.74, 6) is -0.578. The molecule has 5 aromatic rings. The third kappa shape index (κ3) is 10.3. The fourth-order valence-corrected chi connectivity index (χ4v) is 6.13. The number of carbonyl (C=O) groups excluding carboxylic acids is 2. The molecule has 272 valence electrons. The zero-order valence-electron chi connectivity index (χ0n) is 29.1. The fourth-order valence-electron chi connectivity index (χ4n) is 5.89. The van der Waals surface area contributed by atoms with Crippen LogP contribution in [0.15, 0.2) is 96.4 Å². The third-order valence-corrected chi connectivity index (χ3v) is 8.93. The maximum absolute atomic E-state index is 15.4. The Balaban J connectivity index is 1.20. The number of rotatable bonds is 16. The number of carbonyl (C=O) groups is 2. The highest BCUT2D eigenvalue weighted by Gasteiger charge is 2.17. The highest BCUT2D eigenvalue weighted by atomic mass is 35.5. The second-order valence-electron chi connectivity index (χ2n) is 12.9. The van der Waals surface area contributed by atoms with Crippen molar-refractivity contribution in [1.29, 1.82) is 0 Å². The second-order valence-corrected chi connectivity index (χ2v) is 13.3. The summed E-state index contributed by atoms with van der Waals surface area (Å²) < 4.78 is 22.1. The maximum atomic E-state index is 15.4. The summed E-state index contributed by atoms with van der Waals surface area (Å²) in [7, 11) is 0. The number of alkyl carbamates (subject to hydrolysis) is 1. The van der Waals surface area contributed by atoms with Gasteiger partial charge in [-0.05, 0) is 86.6 Å². The van der Waals surface area contributed by atoms with Crippen LogP contribution in [-0.2, 0) is 24.3 Å². The maximum Gasteiger partial charge on any atom is 0.407 e. The molecule has 2 heterocycles. The fraction of sp³-hybridized carbons (Fsp3) is 0.282. The normalized spacial score (nSPS) is 12.9. The first-order chi connectivity index (χ1) is 25.0. The lowest BCUT2D eigenvalue weighted by Gasteiger charge is -2.19. The Kier molecular flexibility index (Phi) is 12.8. The molecule has 2 aromatic heterocycles. The Morgan fingerprint density at radius 2 is 1.79 bits per heavy atom. The van der Waals surface area contributed by atoms with Crippen molar-refractivity contribution in [1.82, 2.24) is 30.5 Å². The lowest BCUT2D eigenvalue weighted by atomic mass is 10.0. The molecule has 0 aliphatic carbocycles. The number of hydrogen-bond donors (Lipinski definition) is 5. The standard InChI is InChI=1S/C39H43ClFN7O4/c1-4-30(45-37(42)49)17-25(3)43-21-26-13-15-31(16-14-26)48-22-29-20-34(46-36(29)47-38(48)50)32-18-28(19-33(40)35(32)41)12-8-9-24(2)44-39(51)52-23-27-10-6-5-7-11-27/h4-7,10-11,13-16,18-20,22,24-25,30,43H,1,8-9,12,17,21,23H2,2-3H3,(H,44,51)(H3,42,45,49)(H,46,47,50)/t24-,25-,30-/m0/s1. The van der Waals surface area contributed by atoms with Crippen molar-refractivity contribution in [2.24, 2.45) is 5.73 Å². The van der Waals surface area contributed by atoms with Crippen LogP contribution in [0.4, 0.5) is 14.0 Å². The predicted molar refractivity (Wildman–Crippen MR) is 202 cm³/mol. The zero-order chi connectivity index (χ0) is 37.2. The van der Waals surface area contributed by atoms with Crippen molar-refractivity contribution in [3.63, 3.8) is 0 Å². The van der Waals surface area contributed by atoms with Crippen molar-refractivity contribution in [2.45, 2.75) is 70.8 Å². The van der Waals surface area contributed by atoms with E-state index in [1.54, 1.807) is 30.5 Å². The minimum absolute atomic E-state index is 0.0128. The summed E-state index contributed by atoms with van der Waals surface area (Å²) >= 11 is 6.33. The Bertz CT molecular complexity index is 2070. The molecule has 0 bridgehead atoms. The number of H-pyrrole nitrogens is 1. The summed E-state index contributed by atoms with van der Waals surface area (Å²) in [6.45, 7) is 8.42. The van der Waals surface area contributed by atoms with Crippen LogP contribution >= 0.6 is 11.6 Å². The van der Waals surface area contributed by atoms with Crippen LogP contribution in [0.1, 0.15) is 49.8 Å². The van der Waals surface area contributed by atoms with Crippen LogP contribution in [-0.4, -0.2) is 44.8 Å². The molecule has 5 rings (SSSR count). The van der Waals surface area contributed by atoms with Crippen molar-refractivity contribution >= 4 is 34.8 Å². The highest BCUT2D eigenvalue weighted by molar-refractivity contribution is 6.31. The van der Waals surface area contributed by atoms with Crippen LogP contribution in [0, 0.1) is 5.82 Å². The van der Waals surface area contributed by atoms with E-state index in [4.69, 9.17) is 22.1 Å². The molecule has 0 spiro atoms. The van der Waals surface area contributed by atoms with E-state index < -0.39 is 23.6 Å². The molecule has 0 unspecified atom stereocenters. The topological polar surface area (TPSA) is 156 Å². The molecule has 0 aliphatic heterocycles. The average molecular weight is 728 g/mol. The SMILES string of the molecule is C=C[C@@H](C[C@H](C)NCc1ccc(-n2cc3cc(-c4cc(CCC[C@H](C)NC(=O)OCc5ccccc5)cc(Cl)c4F)[nH]c3nc2=O)cc1)NC(N)=O. The van der Waals surface area contributed by atoms with Crippen molar-refractivity contribution in [2.75, 3.05) is 0 Å². The summed E-state index contributed by atoms with van der Waals surface area (Å²) in [5, 5.41) is 9.51. The Morgan fingerprint density at radius 3 is 2.50 bits per heavy atom. The summed E-state index contributed by atoms with van der Waals surface area (Å²) in [4.78, 5) is 43.7. The van der Waals surface area contributed by atoms with Gasteiger partial charge < -0.3 is 31.4 Å². The van der Waals surface area contributed by atoms with Gasteiger partial charge in [-0.15, -0.1) is 6.58 Å². The zero-order valence-corrected chi connectivity index (χ0v) is 29.9. The molecular formula is C39H43ClFN7O4. The molecule has 0 fully saturated rings. The molecule has 3 aromatic carbocycles. The average Bonchev–Trinajstić information content (AvgIpc) is 3.53. The van der Waals surface area contributed by atoms with Crippen LogP contribution in [0.5, 0.6) is 0 Å². The van der Waals surface area contributed by atoms with E-state index in [-0.39, 0.29) is 35.3 Å². The predicted octanol–water partition coefficient (Wildman–Crippen LogP) is 6.90. The molecule has 0 aliphatic rings. The number of amides is 3. The van der Waals surface area contributed by atoms with Crippen molar-refractivity contribution in [3.05, 3.63) is 130 Å². The van der Waals surface area contributed by atoms with E-state index in [0.717, 1.165) is 16.7 Å². The number of urea groups is 1. The lowest BCUT2D eigenvalue weighted by molar-refractivity contribution is 0.136. The van der Waals surface area contributed by atoms with Gasteiger partial charge in [0.15, 0.2) is 5.82 Å². The Labute approximate surface area is 306 Å². The lowest BCUT2D eigenvalue weighted by Crippen LogP contribution is -2.41. The Hall–Kier alpha value is -5.46. The Morgan fingerprint density at radius 1 is 1.04 bits per heavy atom. The number of primary amides is 1. The van der Waals surface area contributed by atoms with Gasteiger partial charge in [0.05, 0.1) is 22.4 Å². The molecule has 13 heteroatoms. The first-order valence-electron chi connectivity index (χ1n) is 17.1. The number of fused-ring (bicyclic) bond motifs is 1. The van der Waals surface area contributed by atoms with Crippen LogP contribution in [0.3, 0.4) is 0 Å². The minimum atomic E-state index is -0.597. The van der Waals surface area contributed by atoms with Gasteiger partial charge in [-0.3, -0.25) is 4.57 Å². The van der Waals surface area contributed by atoms with E-state index in [1.807, 2.05) is 68.4 Å². The van der Waals surface area contributed by atoms with E-state index in [9.17, 15) is 14.4 Å². The number of benzene rings is 3. The number of nitrogens with one attached hydrogen (secondary N) is 4. The van der Waals surface area contributed by atoms with Gasteiger partial charge >= 0.3 is 17.8 Å². The van der Waals surface area contributed by atoms with E-state index in [1.165, 1.54) is 4.57 Å². The molecule has 0 saturated heterocycles. The number of aryl methyl sites for hydroxylation is 1. The van der Waals surface area contributed by atoms with Gasteiger partial charge in [-0.1, -0.05) is 60.1 Å². The number of aromatic nitrogens is 3. The molecule has 52 heavy (non-hydrogen) atoms. The monoisotopic (exact) mass is 727 g/mol. The van der Waals surface area contributed by atoms with Crippen LogP contribution in [0.25, 0.3) is 28.0 Å². The van der Waals surface area contributed by atoms with Gasteiger partial charge in [0.25, 0.3) is 0 Å². The quantitative estimate of drug-likeness (QED) is 0.0697.